The average molecular weight is 461 g/mol. The molecule has 1 aromatic carbocycles. The van der Waals surface area contributed by atoms with Crippen molar-refractivity contribution >= 4 is 50.9 Å². The number of nitrogens with one attached hydrogen (secondary N) is 1. The van der Waals surface area contributed by atoms with E-state index < -0.39 is 11.2 Å². The smallest absolute Gasteiger partial charge is 0.272 e. The second kappa shape index (κ2) is 10.5. The minimum absolute atomic E-state index is 0.0738. The molecule has 164 valence electrons. The van der Waals surface area contributed by atoms with E-state index in [-0.39, 0.29) is 24.4 Å². The molecular weight excluding hydrogens is 438 g/mol. The number of anilines is 1. The maximum atomic E-state index is 13.0. The lowest BCUT2D eigenvalue weighted by molar-refractivity contribution is -0.306. The largest absolute Gasteiger partial charge is 0.550 e. The van der Waals surface area contributed by atoms with E-state index in [9.17, 15) is 19.5 Å². The molecule has 0 saturated carbocycles. The minimum atomic E-state index is -1.26. The number of aromatic nitrogens is 2. The maximum Gasteiger partial charge on any atom is 0.272 e. The van der Waals surface area contributed by atoms with Crippen LogP contribution in [0.3, 0.4) is 0 Å². The predicted octanol–water partition coefficient (Wildman–Crippen LogP) is 2.51. The number of ether oxygens (including phenoxy) is 1. The van der Waals surface area contributed by atoms with Gasteiger partial charge in [-0.3, -0.25) is 14.2 Å². The van der Waals surface area contributed by atoms with Crippen LogP contribution in [0.5, 0.6) is 5.75 Å². The number of benzene rings is 1. The van der Waals surface area contributed by atoms with E-state index in [0.717, 1.165) is 11.8 Å². The molecule has 0 saturated heterocycles. The molecule has 3 aromatic rings. The van der Waals surface area contributed by atoms with E-state index in [1.165, 1.54) is 15.9 Å². The number of thiophene rings is 1. The van der Waals surface area contributed by atoms with Gasteiger partial charge in [0.2, 0.25) is 5.91 Å². The van der Waals surface area contributed by atoms with Crippen LogP contribution in [0.25, 0.3) is 10.2 Å². The molecule has 0 aliphatic rings. The second-order valence-corrected chi connectivity index (χ2v) is 8.63. The van der Waals surface area contributed by atoms with Crippen molar-refractivity contribution in [3.8, 4) is 5.75 Å². The topological polar surface area (TPSA) is 113 Å². The van der Waals surface area contributed by atoms with E-state index in [1.54, 1.807) is 29.6 Å². The highest BCUT2D eigenvalue weighted by molar-refractivity contribution is 8.00. The number of carbonyl (C=O) groups excluding carboxylic acids is 2. The fourth-order valence-electron chi connectivity index (χ4n) is 2.93. The van der Waals surface area contributed by atoms with Gasteiger partial charge in [0.25, 0.3) is 5.56 Å². The number of aliphatic carboxylic acids is 1. The van der Waals surface area contributed by atoms with Crippen molar-refractivity contribution in [1.82, 2.24) is 9.55 Å². The van der Waals surface area contributed by atoms with Gasteiger partial charge in [0, 0.05) is 18.9 Å². The van der Waals surface area contributed by atoms with Crippen LogP contribution in [0.1, 0.15) is 26.7 Å². The van der Waals surface area contributed by atoms with Gasteiger partial charge in [-0.05, 0) is 36.9 Å². The molecule has 0 radical (unpaired) electrons. The Morgan fingerprint density at radius 1 is 1.29 bits per heavy atom. The van der Waals surface area contributed by atoms with E-state index in [0.29, 0.717) is 39.8 Å². The number of thioether (sulfide) groups is 1. The summed E-state index contributed by atoms with van der Waals surface area (Å²) in [4.78, 5) is 41.3. The van der Waals surface area contributed by atoms with Crippen LogP contribution in [0.4, 0.5) is 5.69 Å². The molecule has 1 amide bonds. The van der Waals surface area contributed by atoms with Crippen LogP contribution in [-0.4, -0.2) is 33.3 Å². The van der Waals surface area contributed by atoms with Gasteiger partial charge in [0.05, 0.1) is 23.1 Å². The number of para-hydroxylation sites is 2. The van der Waals surface area contributed by atoms with Crippen molar-refractivity contribution in [2.45, 2.75) is 43.6 Å². The first-order valence-electron chi connectivity index (χ1n) is 9.81. The summed E-state index contributed by atoms with van der Waals surface area (Å²) in [6.45, 7) is 4.11. The predicted molar refractivity (Wildman–Crippen MR) is 120 cm³/mol. The molecular formula is C21H22N3O5S2-. The molecule has 1 atom stereocenters. The van der Waals surface area contributed by atoms with E-state index in [2.05, 4.69) is 10.3 Å². The van der Waals surface area contributed by atoms with Crippen LogP contribution in [0.15, 0.2) is 45.7 Å². The summed E-state index contributed by atoms with van der Waals surface area (Å²) >= 11 is 2.38. The molecule has 3 rings (SSSR count). The standard InChI is InChI=1S/C21H23N3O5S2/c1-3-16(19(27)22-13-7-5-6-8-15(13)29-4-2)31-21-23-14-10-12-30-18(14)20(28)24(21)11-9-17(25)26/h5-8,10,12,16H,3-4,9,11H2,1-2H3,(H,22,27)(H,25,26)/p-1. The fourth-order valence-corrected chi connectivity index (χ4v) is 4.75. The van der Waals surface area contributed by atoms with Crippen molar-refractivity contribution < 1.29 is 19.4 Å². The normalized spacial score (nSPS) is 11.9. The number of carbonyl (C=O) groups is 2. The highest BCUT2D eigenvalue weighted by Crippen LogP contribution is 2.29. The summed E-state index contributed by atoms with van der Waals surface area (Å²) in [5.41, 5.74) is 0.767. The summed E-state index contributed by atoms with van der Waals surface area (Å²) in [5, 5.41) is 15.3. The van der Waals surface area contributed by atoms with Gasteiger partial charge in [-0.1, -0.05) is 30.8 Å². The van der Waals surface area contributed by atoms with Crippen molar-refractivity contribution in [3.63, 3.8) is 0 Å². The Balaban J connectivity index is 1.88. The van der Waals surface area contributed by atoms with Crippen LogP contribution in [0, 0.1) is 0 Å². The second-order valence-electron chi connectivity index (χ2n) is 6.54. The highest BCUT2D eigenvalue weighted by Gasteiger charge is 2.23. The number of nitrogens with zero attached hydrogens (tertiary/aromatic N) is 2. The summed E-state index contributed by atoms with van der Waals surface area (Å²) in [7, 11) is 0. The van der Waals surface area contributed by atoms with Crippen molar-refractivity contribution in [2.75, 3.05) is 11.9 Å². The summed E-state index contributed by atoms with van der Waals surface area (Å²) < 4.78 is 7.32. The molecule has 2 aromatic heterocycles. The first-order chi connectivity index (χ1) is 14.9. The molecule has 10 heteroatoms. The van der Waals surface area contributed by atoms with Gasteiger partial charge in [-0.15, -0.1) is 11.3 Å². The van der Waals surface area contributed by atoms with Gasteiger partial charge in [-0.2, -0.15) is 0 Å². The molecule has 31 heavy (non-hydrogen) atoms. The quantitative estimate of drug-likeness (QED) is 0.365. The molecule has 1 N–H and O–H groups in total. The number of fused-ring (bicyclic) bond motifs is 1. The third-order valence-corrected chi connectivity index (χ3v) is 6.67. The summed E-state index contributed by atoms with van der Waals surface area (Å²) in [6.07, 6.45) is 0.155. The first kappa shape index (κ1) is 22.8. The van der Waals surface area contributed by atoms with Crippen LogP contribution in [-0.2, 0) is 16.1 Å². The Morgan fingerprint density at radius 3 is 2.77 bits per heavy atom. The van der Waals surface area contributed by atoms with E-state index >= 15 is 0 Å². The number of carboxylic acids is 1. The molecule has 2 heterocycles. The molecule has 0 aliphatic carbocycles. The molecule has 0 spiro atoms. The zero-order valence-corrected chi connectivity index (χ0v) is 18.8. The molecule has 0 aliphatic heterocycles. The van der Waals surface area contributed by atoms with Crippen LogP contribution in [0.2, 0.25) is 0 Å². The van der Waals surface area contributed by atoms with Gasteiger partial charge < -0.3 is 20.0 Å². The van der Waals surface area contributed by atoms with Crippen molar-refractivity contribution in [1.29, 1.82) is 0 Å². The fraction of sp³-hybridized carbons (Fsp3) is 0.333. The van der Waals surface area contributed by atoms with Gasteiger partial charge in [0.1, 0.15) is 10.4 Å². The Bertz CT molecular complexity index is 1140. The van der Waals surface area contributed by atoms with Gasteiger partial charge >= 0.3 is 0 Å². The maximum absolute atomic E-state index is 13.0. The average Bonchev–Trinajstić information content (AvgIpc) is 3.21. The number of rotatable bonds is 10. The Hall–Kier alpha value is -2.85. The monoisotopic (exact) mass is 460 g/mol. The first-order valence-corrected chi connectivity index (χ1v) is 11.6. The highest BCUT2D eigenvalue weighted by atomic mass is 32.2. The lowest BCUT2D eigenvalue weighted by Gasteiger charge is -2.18. The number of carboxylic acid groups (broad SMARTS) is 1. The number of amides is 1. The Labute approximate surface area is 187 Å². The van der Waals surface area contributed by atoms with Crippen LogP contribution < -0.4 is 20.7 Å². The van der Waals surface area contributed by atoms with Gasteiger partial charge in [-0.25, -0.2) is 4.98 Å². The van der Waals surface area contributed by atoms with E-state index in [1.807, 2.05) is 19.9 Å². The molecule has 0 bridgehead atoms. The Kier molecular flexibility index (Phi) is 7.69. The summed E-state index contributed by atoms with van der Waals surface area (Å²) in [6, 6.07) is 8.88. The SMILES string of the molecule is CCOc1ccccc1NC(=O)C(CC)Sc1nc2ccsc2c(=O)n1CCC(=O)[O-]. The number of hydrogen-bond acceptors (Lipinski definition) is 8. The lowest BCUT2D eigenvalue weighted by Crippen LogP contribution is -2.30. The Morgan fingerprint density at radius 2 is 2.06 bits per heavy atom. The molecule has 0 fully saturated rings. The van der Waals surface area contributed by atoms with Gasteiger partial charge in [0.15, 0.2) is 5.16 Å². The van der Waals surface area contributed by atoms with Crippen LogP contribution >= 0.6 is 23.1 Å². The third kappa shape index (κ3) is 5.45. The summed E-state index contributed by atoms with van der Waals surface area (Å²) in [5.74, 6) is -0.945. The third-order valence-electron chi connectivity index (χ3n) is 4.43. The van der Waals surface area contributed by atoms with Crippen molar-refractivity contribution in [3.05, 3.63) is 46.1 Å². The van der Waals surface area contributed by atoms with Crippen molar-refractivity contribution in [2.24, 2.45) is 0 Å². The molecule has 1 unspecified atom stereocenters. The number of hydrogen-bond donors (Lipinski definition) is 1. The van der Waals surface area contributed by atoms with E-state index in [4.69, 9.17) is 4.74 Å². The zero-order valence-electron chi connectivity index (χ0n) is 17.1. The lowest BCUT2D eigenvalue weighted by atomic mass is 10.2. The minimum Gasteiger partial charge on any atom is -0.550 e. The molecule has 8 nitrogen and oxygen atoms in total. The zero-order chi connectivity index (χ0) is 22.4.